The molecule has 0 heterocycles. The standard InChI is InChI=1S/C18H17Cl2NO3/c1-12(17(22)21-10-9-13-5-3-2-4-6-13)24-18(23)15-8-7-14(19)11-16(15)20/h2-8,11-12H,9-10H2,1H3,(H,21,22)/t12-/m0/s1. The molecule has 1 amide bonds. The SMILES string of the molecule is C[C@H](OC(=O)c1ccc(Cl)cc1Cl)C(=O)NCCc1ccccc1. The van der Waals surface area contributed by atoms with Gasteiger partial charge in [0.15, 0.2) is 6.10 Å². The fraction of sp³-hybridized carbons (Fsp3) is 0.222. The number of amides is 1. The number of hydrogen-bond acceptors (Lipinski definition) is 3. The van der Waals surface area contributed by atoms with E-state index in [2.05, 4.69) is 5.32 Å². The molecule has 4 nitrogen and oxygen atoms in total. The van der Waals surface area contributed by atoms with Crippen molar-refractivity contribution < 1.29 is 14.3 Å². The van der Waals surface area contributed by atoms with E-state index in [0.717, 1.165) is 5.56 Å². The molecule has 0 spiro atoms. The second kappa shape index (κ2) is 8.71. The van der Waals surface area contributed by atoms with Gasteiger partial charge in [-0.25, -0.2) is 4.79 Å². The van der Waals surface area contributed by atoms with Crippen LogP contribution in [0.25, 0.3) is 0 Å². The molecular formula is C18H17Cl2NO3. The summed E-state index contributed by atoms with van der Waals surface area (Å²) in [5, 5.41) is 3.35. The van der Waals surface area contributed by atoms with Gasteiger partial charge in [0, 0.05) is 11.6 Å². The van der Waals surface area contributed by atoms with E-state index in [1.165, 1.54) is 25.1 Å². The Hall–Kier alpha value is -2.04. The van der Waals surface area contributed by atoms with E-state index in [-0.39, 0.29) is 16.5 Å². The van der Waals surface area contributed by atoms with Crippen LogP contribution in [0.5, 0.6) is 0 Å². The molecule has 1 atom stereocenters. The molecule has 6 heteroatoms. The summed E-state index contributed by atoms with van der Waals surface area (Å²) in [6.07, 6.45) is -0.212. The zero-order chi connectivity index (χ0) is 17.5. The van der Waals surface area contributed by atoms with E-state index >= 15 is 0 Å². The van der Waals surface area contributed by atoms with Crippen LogP contribution in [-0.4, -0.2) is 24.5 Å². The molecule has 0 unspecified atom stereocenters. The second-order valence-electron chi connectivity index (χ2n) is 5.20. The zero-order valence-electron chi connectivity index (χ0n) is 13.1. The fourth-order valence-corrected chi connectivity index (χ4v) is 2.54. The number of nitrogens with one attached hydrogen (secondary N) is 1. The fourth-order valence-electron chi connectivity index (χ4n) is 2.05. The van der Waals surface area contributed by atoms with Crippen LogP contribution in [0.2, 0.25) is 10.0 Å². The van der Waals surface area contributed by atoms with E-state index in [1.807, 2.05) is 30.3 Å². The smallest absolute Gasteiger partial charge is 0.340 e. The van der Waals surface area contributed by atoms with Crippen LogP contribution < -0.4 is 5.32 Å². The molecule has 0 aliphatic heterocycles. The molecule has 0 radical (unpaired) electrons. The Morgan fingerprint density at radius 3 is 2.50 bits per heavy atom. The minimum absolute atomic E-state index is 0.171. The van der Waals surface area contributed by atoms with Crippen molar-refractivity contribution in [3.05, 3.63) is 69.7 Å². The minimum Gasteiger partial charge on any atom is -0.449 e. The van der Waals surface area contributed by atoms with Crippen LogP contribution in [0.1, 0.15) is 22.8 Å². The lowest BCUT2D eigenvalue weighted by atomic mass is 10.1. The van der Waals surface area contributed by atoms with Gasteiger partial charge in [0.25, 0.3) is 5.91 Å². The monoisotopic (exact) mass is 365 g/mol. The van der Waals surface area contributed by atoms with Gasteiger partial charge in [0.2, 0.25) is 0 Å². The molecule has 0 saturated carbocycles. The van der Waals surface area contributed by atoms with Gasteiger partial charge in [-0.05, 0) is 37.1 Å². The average molecular weight is 366 g/mol. The van der Waals surface area contributed by atoms with Crippen molar-refractivity contribution in [1.82, 2.24) is 5.32 Å². The van der Waals surface area contributed by atoms with Crippen LogP contribution in [0.15, 0.2) is 48.5 Å². The highest BCUT2D eigenvalue weighted by Crippen LogP contribution is 2.22. The third-order valence-corrected chi connectivity index (χ3v) is 3.91. The lowest BCUT2D eigenvalue weighted by Gasteiger charge is -2.14. The molecule has 2 aromatic rings. The van der Waals surface area contributed by atoms with Gasteiger partial charge in [-0.2, -0.15) is 0 Å². The molecule has 0 bridgehead atoms. The number of ether oxygens (including phenoxy) is 1. The molecule has 0 fully saturated rings. The third-order valence-electron chi connectivity index (χ3n) is 3.36. The van der Waals surface area contributed by atoms with Gasteiger partial charge in [0.1, 0.15) is 0 Å². The number of halogens is 2. The maximum absolute atomic E-state index is 12.1. The molecule has 2 aromatic carbocycles. The molecule has 1 N–H and O–H groups in total. The van der Waals surface area contributed by atoms with E-state index in [9.17, 15) is 9.59 Å². The summed E-state index contributed by atoms with van der Waals surface area (Å²) in [7, 11) is 0. The molecular weight excluding hydrogens is 349 g/mol. The van der Waals surface area contributed by atoms with E-state index in [4.69, 9.17) is 27.9 Å². The summed E-state index contributed by atoms with van der Waals surface area (Å²) in [4.78, 5) is 24.1. The quantitative estimate of drug-likeness (QED) is 0.789. The molecule has 24 heavy (non-hydrogen) atoms. The van der Waals surface area contributed by atoms with Crippen molar-refractivity contribution in [3.63, 3.8) is 0 Å². The Morgan fingerprint density at radius 1 is 1.12 bits per heavy atom. The highest BCUT2D eigenvalue weighted by molar-refractivity contribution is 6.36. The van der Waals surface area contributed by atoms with E-state index in [1.54, 1.807) is 0 Å². The Morgan fingerprint density at radius 2 is 1.83 bits per heavy atom. The number of benzene rings is 2. The predicted octanol–water partition coefficient (Wildman–Crippen LogP) is 3.90. The first-order chi connectivity index (χ1) is 11.5. The summed E-state index contributed by atoms with van der Waals surface area (Å²) >= 11 is 11.7. The van der Waals surface area contributed by atoms with Crippen molar-refractivity contribution in [1.29, 1.82) is 0 Å². The lowest BCUT2D eigenvalue weighted by Crippen LogP contribution is -2.36. The van der Waals surface area contributed by atoms with Gasteiger partial charge >= 0.3 is 5.97 Å². The van der Waals surface area contributed by atoms with Crippen LogP contribution in [0, 0.1) is 0 Å². The lowest BCUT2D eigenvalue weighted by molar-refractivity contribution is -0.129. The van der Waals surface area contributed by atoms with Crippen molar-refractivity contribution in [2.24, 2.45) is 0 Å². The zero-order valence-corrected chi connectivity index (χ0v) is 14.6. The molecule has 126 valence electrons. The van der Waals surface area contributed by atoms with Gasteiger partial charge in [0.05, 0.1) is 10.6 Å². The minimum atomic E-state index is -0.917. The normalized spacial score (nSPS) is 11.6. The Kier molecular flexibility index (Phi) is 6.64. The Labute approximate surface area is 150 Å². The van der Waals surface area contributed by atoms with Crippen LogP contribution in [0.4, 0.5) is 0 Å². The third kappa shape index (κ3) is 5.25. The van der Waals surface area contributed by atoms with Crippen LogP contribution in [0.3, 0.4) is 0 Å². The molecule has 0 aliphatic carbocycles. The predicted molar refractivity (Wildman–Crippen MR) is 94.5 cm³/mol. The number of rotatable bonds is 6. The molecule has 0 saturated heterocycles. The van der Waals surface area contributed by atoms with E-state index < -0.39 is 12.1 Å². The summed E-state index contributed by atoms with van der Waals surface area (Å²) in [5.41, 5.74) is 1.29. The maximum atomic E-state index is 12.1. The first-order valence-electron chi connectivity index (χ1n) is 7.45. The van der Waals surface area contributed by atoms with Crippen LogP contribution in [-0.2, 0) is 16.0 Å². The Bertz CT molecular complexity index is 719. The first kappa shape index (κ1) is 18.3. The number of carbonyl (C=O) groups is 2. The molecule has 2 rings (SSSR count). The largest absolute Gasteiger partial charge is 0.449 e. The van der Waals surface area contributed by atoms with Crippen LogP contribution >= 0.6 is 23.2 Å². The van der Waals surface area contributed by atoms with Crippen molar-refractivity contribution >= 4 is 35.1 Å². The summed E-state index contributed by atoms with van der Waals surface area (Å²) in [6, 6.07) is 14.2. The van der Waals surface area contributed by atoms with Gasteiger partial charge in [-0.3, -0.25) is 4.79 Å². The molecule has 0 aliphatic rings. The molecule has 0 aromatic heterocycles. The Balaban J connectivity index is 1.83. The number of hydrogen-bond donors (Lipinski definition) is 1. The first-order valence-corrected chi connectivity index (χ1v) is 8.20. The van der Waals surface area contributed by atoms with Crippen molar-refractivity contribution in [2.75, 3.05) is 6.54 Å². The topological polar surface area (TPSA) is 55.4 Å². The second-order valence-corrected chi connectivity index (χ2v) is 6.04. The highest BCUT2D eigenvalue weighted by Gasteiger charge is 2.20. The summed E-state index contributed by atoms with van der Waals surface area (Å²) < 4.78 is 5.14. The highest BCUT2D eigenvalue weighted by atomic mass is 35.5. The van der Waals surface area contributed by atoms with Crippen molar-refractivity contribution in [2.45, 2.75) is 19.4 Å². The van der Waals surface area contributed by atoms with Gasteiger partial charge < -0.3 is 10.1 Å². The average Bonchev–Trinajstić information content (AvgIpc) is 2.55. The number of carbonyl (C=O) groups excluding carboxylic acids is 2. The number of esters is 1. The van der Waals surface area contributed by atoms with Gasteiger partial charge in [-0.15, -0.1) is 0 Å². The maximum Gasteiger partial charge on any atom is 0.340 e. The van der Waals surface area contributed by atoms with E-state index in [0.29, 0.717) is 18.0 Å². The van der Waals surface area contributed by atoms with Crippen molar-refractivity contribution in [3.8, 4) is 0 Å². The summed E-state index contributed by atoms with van der Waals surface area (Å²) in [5.74, 6) is -1.02. The summed E-state index contributed by atoms with van der Waals surface area (Å²) in [6.45, 7) is 1.98. The van der Waals surface area contributed by atoms with Gasteiger partial charge in [-0.1, -0.05) is 53.5 Å².